The van der Waals surface area contributed by atoms with Crippen molar-refractivity contribution in [3.8, 4) is 0 Å². The van der Waals surface area contributed by atoms with E-state index in [1.54, 1.807) is 11.3 Å². The summed E-state index contributed by atoms with van der Waals surface area (Å²) in [6.07, 6.45) is 2.11. The number of nitrogens with zero attached hydrogens (tertiary/aromatic N) is 3. The monoisotopic (exact) mass is 306 g/mol. The molecule has 0 saturated carbocycles. The van der Waals surface area contributed by atoms with Gasteiger partial charge in [-0.3, -0.25) is 0 Å². The van der Waals surface area contributed by atoms with E-state index in [1.807, 2.05) is 0 Å². The first-order valence-corrected chi connectivity index (χ1v) is 8.33. The van der Waals surface area contributed by atoms with Gasteiger partial charge in [0.05, 0.1) is 5.39 Å². The van der Waals surface area contributed by atoms with Gasteiger partial charge >= 0.3 is 0 Å². The molecule has 1 N–H and O–H groups in total. The lowest BCUT2D eigenvalue weighted by atomic mass is 10.1. The zero-order valence-corrected chi connectivity index (χ0v) is 13.7. The van der Waals surface area contributed by atoms with Crippen molar-refractivity contribution in [2.75, 3.05) is 37.0 Å². The zero-order chi connectivity index (χ0) is 14.8. The van der Waals surface area contributed by atoms with Crippen LogP contribution in [-0.4, -0.2) is 42.8 Å². The second-order valence-electron chi connectivity index (χ2n) is 5.43. The number of aromatic nitrogens is 2. The van der Waals surface area contributed by atoms with Crippen LogP contribution in [0.25, 0.3) is 10.2 Å². The Labute approximate surface area is 129 Å². The molecule has 0 atom stereocenters. The molecule has 0 aliphatic carbocycles. The number of fused-ring (bicyclic) bond motifs is 1. The van der Waals surface area contributed by atoms with Gasteiger partial charge < -0.3 is 15.0 Å². The molecule has 3 heterocycles. The molecule has 1 fully saturated rings. The number of rotatable bonds is 4. The molecule has 6 heteroatoms. The minimum atomic E-state index is 0.492. The molecule has 114 valence electrons. The fraction of sp³-hybridized carbons (Fsp3) is 0.600. The van der Waals surface area contributed by atoms with Crippen LogP contribution in [0.15, 0.2) is 6.07 Å². The molecule has 0 radical (unpaired) electrons. The Bertz CT molecular complexity index is 621. The largest absolute Gasteiger partial charge is 0.381 e. The van der Waals surface area contributed by atoms with Gasteiger partial charge in [0.2, 0.25) is 5.95 Å². The summed E-state index contributed by atoms with van der Waals surface area (Å²) in [4.78, 5) is 14.0. The van der Waals surface area contributed by atoms with E-state index in [-0.39, 0.29) is 0 Å². The fourth-order valence-corrected chi connectivity index (χ4v) is 3.65. The number of anilines is 2. The Hall–Kier alpha value is -1.40. The lowest BCUT2D eigenvalue weighted by molar-refractivity contribution is 0.0854. The van der Waals surface area contributed by atoms with Crippen molar-refractivity contribution in [2.24, 2.45) is 0 Å². The second kappa shape index (κ2) is 6.15. The third-order valence-electron chi connectivity index (χ3n) is 3.90. The van der Waals surface area contributed by atoms with Gasteiger partial charge in [0, 0.05) is 37.7 Å². The van der Waals surface area contributed by atoms with Crippen LogP contribution < -0.4 is 10.2 Å². The molecule has 1 aliphatic heterocycles. The Morgan fingerprint density at radius 1 is 1.38 bits per heavy atom. The van der Waals surface area contributed by atoms with Gasteiger partial charge in [0.15, 0.2) is 0 Å². The van der Waals surface area contributed by atoms with Gasteiger partial charge in [-0.25, -0.2) is 4.98 Å². The average molecular weight is 306 g/mol. The van der Waals surface area contributed by atoms with Crippen LogP contribution in [0.5, 0.6) is 0 Å². The molecule has 5 nitrogen and oxygen atoms in total. The number of ether oxygens (including phenoxy) is 1. The van der Waals surface area contributed by atoms with E-state index in [9.17, 15) is 0 Å². The highest BCUT2D eigenvalue weighted by molar-refractivity contribution is 7.18. The maximum Gasteiger partial charge on any atom is 0.226 e. The van der Waals surface area contributed by atoms with Crippen LogP contribution in [-0.2, 0) is 4.74 Å². The third kappa shape index (κ3) is 2.96. The summed E-state index contributed by atoms with van der Waals surface area (Å²) in [5.74, 6) is 1.76. The first kappa shape index (κ1) is 14.5. The molecular formula is C15H22N4OS. The standard InChI is InChI=1S/C15H22N4OS/c1-4-16-15-17-13(12-9-10(2)21-14(12)18-15)19(3)11-5-7-20-8-6-11/h9,11H,4-8H2,1-3H3,(H,16,17,18). The Morgan fingerprint density at radius 2 is 2.14 bits per heavy atom. The molecule has 0 amide bonds. The average Bonchev–Trinajstić information content (AvgIpc) is 2.87. The van der Waals surface area contributed by atoms with Gasteiger partial charge in [-0.2, -0.15) is 4.98 Å². The summed E-state index contributed by atoms with van der Waals surface area (Å²) in [5.41, 5.74) is 0. The van der Waals surface area contributed by atoms with E-state index in [4.69, 9.17) is 9.72 Å². The number of thiophene rings is 1. The molecule has 0 bridgehead atoms. The maximum absolute atomic E-state index is 5.47. The van der Waals surface area contributed by atoms with Gasteiger partial charge in [0.25, 0.3) is 0 Å². The lowest BCUT2D eigenvalue weighted by Gasteiger charge is -2.32. The smallest absolute Gasteiger partial charge is 0.226 e. The predicted octanol–water partition coefficient (Wildman–Crippen LogP) is 3.05. The van der Waals surface area contributed by atoms with E-state index < -0.39 is 0 Å². The molecule has 21 heavy (non-hydrogen) atoms. The molecule has 0 unspecified atom stereocenters. The molecule has 2 aromatic rings. The van der Waals surface area contributed by atoms with Crippen LogP contribution >= 0.6 is 11.3 Å². The summed E-state index contributed by atoms with van der Waals surface area (Å²) in [6, 6.07) is 2.69. The van der Waals surface area contributed by atoms with Crippen LogP contribution in [0.3, 0.4) is 0 Å². The van der Waals surface area contributed by atoms with Crippen molar-refractivity contribution in [3.05, 3.63) is 10.9 Å². The van der Waals surface area contributed by atoms with Crippen LogP contribution in [0.2, 0.25) is 0 Å². The predicted molar refractivity (Wildman–Crippen MR) is 88.6 cm³/mol. The van der Waals surface area contributed by atoms with Crippen LogP contribution in [0.1, 0.15) is 24.6 Å². The summed E-state index contributed by atoms with van der Waals surface area (Å²) in [6.45, 7) is 6.70. The second-order valence-corrected chi connectivity index (χ2v) is 6.67. The van der Waals surface area contributed by atoms with Crippen LogP contribution in [0.4, 0.5) is 11.8 Å². The van der Waals surface area contributed by atoms with E-state index in [0.29, 0.717) is 6.04 Å². The number of hydrogen-bond acceptors (Lipinski definition) is 6. The summed E-state index contributed by atoms with van der Waals surface area (Å²) in [7, 11) is 2.14. The SMILES string of the molecule is CCNc1nc(N(C)C2CCOCC2)c2cc(C)sc2n1. The molecule has 0 spiro atoms. The number of nitrogens with one attached hydrogen (secondary N) is 1. The zero-order valence-electron chi connectivity index (χ0n) is 12.8. The first-order chi connectivity index (χ1) is 10.2. The van der Waals surface area contributed by atoms with Crippen molar-refractivity contribution in [1.82, 2.24) is 9.97 Å². The van der Waals surface area contributed by atoms with E-state index in [2.05, 4.69) is 42.2 Å². The highest BCUT2D eigenvalue weighted by atomic mass is 32.1. The van der Waals surface area contributed by atoms with E-state index in [1.165, 1.54) is 4.88 Å². The molecule has 3 rings (SSSR count). The van der Waals surface area contributed by atoms with Crippen molar-refractivity contribution in [1.29, 1.82) is 0 Å². The van der Waals surface area contributed by atoms with Crippen molar-refractivity contribution >= 4 is 33.3 Å². The number of hydrogen-bond donors (Lipinski definition) is 1. The third-order valence-corrected chi connectivity index (χ3v) is 4.85. The lowest BCUT2D eigenvalue weighted by Crippen LogP contribution is -2.37. The van der Waals surface area contributed by atoms with Gasteiger partial charge in [-0.05, 0) is 32.8 Å². The minimum Gasteiger partial charge on any atom is -0.381 e. The molecular weight excluding hydrogens is 284 g/mol. The number of aryl methyl sites for hydroxylation is 1. The summed E-state index contributed by atoms with van der Waals surface area (Å²) >= 11 is 1.73. The molecule has 1 saturated heterocycles. The Kier molecular flexibility index (Phi) is 4.26. The fourth-order valence-electron chi connectivity index (χ4n) is 2.78. The van der Waals surface area contributed by atoms with E-state index in [0.717, 1.165) is 54.6 Å². The normalized spacial score (nSPS) is 16.3. The van der Waals surface area contributed by atoms with Gasteiger partial charge in [0.1, 0.15) is 10.6 Å². The first-order valence-electron chi connectivity index (χ1n) is 7.51. The quantitative estimate of drug-likeness (QED) is 0.941. The van der Waals surface area contributed by atoms with Gasteiger partial charge in [-0.15, -0.1) is 11.3 Å². The van der Waals surface area contributed by atoms with E-state index >= 15 is 0 Å². The minimum absolute atomic E-state index is 0.492. The summed E-state index contributed by atoms with van der Waals surface area (Å²) < 4.78 is 5.47. The highest BCUT2D eigenvalue weighted by Gasteiger charge is 2.22. The maximum atomic E-state index is 5.47. The summed E-state index contributed by atoms with van der Waals surface area (Å²) in [5, 5.41) is 4.40. The van der Waals surface area contributed by atoms with Gasteiger partial charge in [-0.1, -0.05) is 0 Å². The van der Waals surface area contributed by atoms with Crippen LogP contribution in [0, 0.1) is 6.92 Å². The highest BCUT2D eigenvalue weighted by Crippen LogP contribution is 2.33. The van der Waals surface area contributed by atoms with Crippen molar-refractivity contribution in [2.45, 2.75) is 32.7 Å². The molecule has 2 aromatic heterocycles. The van der Waals surface area contributed by atoms with Crippen molar-refractivity contribution < 1.29 is 4.74 Å². The Morgan fingerprint density at radius 3 is 2.86 bits per heavy atom. The molecule has 0 aromatic carbocycles. The Balaban J connectivity index is 2.01. The topological polar surface area (TPSA) is 50.3 Å². The van der Waals surface area contributed by atoms with Crippen molar-refractivity contribution in [3.63, 3.8) is 0 Å². The molecule has 1 aliphatic rings.